The highest BCUT2D eigenvalue weighted by molar-refractivity contribution is 5.23. The second-order valence-electron chi connectivity index (χ2n) is 4.24. The molecule has 0 saturated carbocycles. The van der Waals surface area contributed by atoms with Crippen LogP contribution in [0.25, 0.3) is 0 Å². The molecule has 0 amide bonds. The third kappa shape index (κ3) is 3.78. The highest BCUT2D eigenvalue weighted by atomic mass is 14.9. The molecule has 88 valence electrons. The third-order valence-corrected chi connectivity index (χ3v) is 2.76. The summed E-state index contributed by atoms with van der Waals surface area (Å²) in [7, 11) is 2.02. The minimum atomic E-state index is 0.431. The van der Waals surface area contributed by atoms with E-state index in [2.05, 4.69) is 29.0 Å². The van der Waals surface area contributed by atoms with Crippen LogP contribution >= 0.6 is 0 Å². The van der Waals surface area contributed by atoms with E-state index in [1.54, 1.807) is 0 Å². The maximum absolute atomic E-state index is 4.40. The molecule has 1 heterocycles. The molecule has 1 unspecified atom stereocenters. The predicted molar refractivity (Wildman–Crippen MR) is 69.6 cm³/mol. The van der Waals surface area contributed by atoms with Crippen LogP contribution in [0.3, 0.4) is 0 Å². The summed E-state index contributed by atoms with van der Waals surface area (Å²) >= 11 is 0. The molecule has 1 aromatic rings. The van der Waals surface area contributed by atoms with Gasteiger partial charge in [-0.3, -0.25) is 4.98 Å². The monoisotopic (exact) mass is 218 g/mol. The molecule has 0 spiro atoms. The van der Waals surface area contributed by atoms with Gasteiger partial charge in [0.1, 0.15) is 0 Å². The summed E-state index contributed by atoms with van der Waals surface area (Å²) in [4.78, 5) is 4.40. The molecule has 0 saturated heterocycles. The Kier molecular flexibility index (Phi) is 5.20. The number of hydrogen-bond donors (Lipinski definition) is 1. The Bertz CT molecular complexity index is 324. The number of aromatic nitrogens is 1. The molecule has 1 atom stereocenters. The van der Waals surface area contributed by atoms with Crippen molar-refractivity contribution in [2.45, 2.75) is 39.2 Å². The maximum atomic E-state index is 4.40. The maximum Gasteiger partial charge on any atom is 0.0379 e. The van der Waals surface area contributed by atoms with Gasteiger partial charge in [-0.1, -0.05) is 6.08 Å². The van der Waals surface area contributed by atoms with Gasteiger partial charge in [-0.15, -0.1) is 6.58 Å². The first-order valence-corrected chi connectivity index (χ1v) is 5.90. The zero-order valence-corrected chi connectivity index (χ0v) is 10.6. The molecule has 0 bridgehead atoms. The second-order valence-corrected chi connectivity index (χ2v) is 4.24. The van der Waals surface area contributed by atoms with E-state index in [4.69, 9.17) is 0 Å². The number of nitrogens with one attached hydrogen (secondary N) is 1. The van der Waals surface area contributed by atoms with Crippen LogP contribution in [-0.2, 0) is 0 Å². The van der Waals surface area contributed by atoms with Crippen LogP contribution in [0.5, 0.6) is 0 Å². The molecule has 16 heavy (non-hydrogen) atoms. The van der Waals surface area contributed by atoms with Crippen molar-refractivity contribution < 1.29 is 0 Å². The van der Waals surface area contributed by atoms with Crippen LogP contribution in [0, 0.1) is 13.8 Å². The van der Waals surface area contributed by atoms with Crippen LogP contribution in [-0.4, -0.2) is 12.0 Å². The van der Waals surface area contributed by atoms with Gasteiger partial charge in [0.2, 0.25) is 0 Å². The summed E-state index contributed by atoms with van der Waals surface area (Å²) in [6.45, 7) is 7.85. The van der Waals surface area contributed by atoms with Gasteiger partial charge in [0.25, 0.3) is 0 Å². The third-order valence-electron chi connectivity index (χ3n) is 2.76. The predicted octanol–water partition coefficient (Wildman–Crippen LogP) is 3.32. The fourth-order valence-corrected chi connectivity index (χ4v) is 2.01. The first-order valence-electron chi connectivity index (χ1n) is 5.90. The summed E-state index contributed by atoms with van der Waals surface area (Å²) < 4.78 is 0. The van der Waals surface area contributed by atoms with Gasteiger partial charge in [-0.2, -0.15) is 0 Å². The highest BCUT2D eigenvalue weighted by Gasteiger charge is 2.09. The Morgan fingerprint density at radius 2 is 2.00 bits per heavy atom. The fourth-order valence-electron chi connectivity index (χ4n) is 2.01. The number of rotatable bonds is 6. The highest BCUT2D eigenvalue weighted by Crippen LogP contribution is 2.20. The SMILES string of the molecule is C=CCCCC(NC)c1cc(C)nc(C)c1. The second kappa shape index (κ2) is 6.44. The first kappa shape index (κ1) is 12.9. The quantitative estimate of drug-likeness (QED) is 0.585. The van der Waals surface area contributed by atoms with E-state index in [9.17, 15) is 0 Å². The minimum absolute atomic E-state index is 0.431. The number of hydrogen-bond acceptors (Lipinski definition) is 2. The van der Waals surface area contributed by atoms with Gasteiger partial charge >= 0.3 is 0 Å². The Balaban J connectivity index is 2.73. The van der Waals surface area contributed by atoms with E-state index in [1.807, 2.05) is 27.0 Å². The van der Waals surface area contributed by atoms with Crippen LogP contribution in [0.1, 0.15) is 42.3 Å². The van der Waals surface area contributed by atoms with Crippen LogP contribution < -0.4 is 5.32 Å². The van der Waals surface area contributed by atoms with Crippen molar-refractivity contribution in [3.63, 3.8) is 0 Å². The number of pyridine rings is 1. The fraction of sp³-hybridized carbons (Fsp3) is 0.500. The average molecular weight is 218 g/mol. The van der Waals surface area contributed by atoms with Gasteiger partial charge < -0.3 is 5.32 Å². The van der Waals surface area contributed by atoms with Crippen molar-refractivity contribution in [2.24, 2.45) is 0 Å². The molecular weight excluding hydrogens is 196 g/mol. The van der Waals surface area contributed by atoms with Crippen LogP contribution in [0.15, 0.2) is 24.8 Å². The molecule has 1 aromatic heterocycles. The van der Waals surface area contributed by atoms with E-state index in [0.717, 1.165) is 24.2 Å². The zero-order valence-electron chi connectivity index (χ0n) is 10.6. The van der Waals surface area contributed by atoms with E-state index in [1.165, 1.54) is 12.0 Å². The number of allylic oxidation sites excluding steroid dienone is 1. The molecule has 2 heteroatoms. The summed E-state index contributed by atoms with van der Waals surface area (Å²) in [5, 5.41) is 3.37. The van der Waals surface area contributed by atoms with E-state index >= 15 is 0 Å². The standard InChI is InChI=1S/C14H22N2/c1-5-6-7-8-14(15-4)13-9-11(2)16-12(3)10-13/h5,9-10,14-15H,1,6-8H2,2-4H3. The van der Waals surface area contributed by atoms with E-state index in [0.29, 0.717) is 6.04 Å². The number of unbranched alkanes of at least 4 members (excludes halogenated alkanes) is 1. The van der Waals surface area contributed by atoms with Crippen molar-refractivity contribution in [1.29, 1.82) is 0 Å². The Hall–Kier alpha value is -1.15. The van der Waals surface area contributed by atoms with Crippen molar-refractivity contribution >= 4 is 0 Å². The molecular formula is C14H22N2. The molecule has 0 aromatic carbocycles. The summed E-state index contributed by atoms with van der Waals surface area (Å²) in [5.41, 5.74) is 3.54. The molecule has 0 aliphatic carbocycles. The first-order chi connectivity index (χ1) is 7.67. The lowest BCUT2D eigenvalue weighted by Crippen LogP contribution is -2.16. The number of aryl methyl sites for hydroxylation is 2. The van der Waals surface area contributed by atoms with Crippen molar-refractivity contribution in [2.75, 3.05) is 7.05 Å². The van der Waals surface area contributed by atoms with Crippen molar-refractivity contribution in [3.8, 4) is 0 Å². The molecule has 2 nitrogen and oxygen atoms in total. The van der Waals surface area contributed by atoms with Crippen LogP contribution in [0.4, 0.5) is 0 Å². The van der Waals surface area contributed by atoms with Gasteiger partial charge in [0.15, 0.2) is 0 Å². The molecule has 0 aliphatic rings. The van der Waals surface area contributed by atoms with Crippen LogP contribution in [0.2, 0.25) is 0 Å². The Morgan fingerprint density at radius 1 is 1.38 bits per heavy atom. The summed E-state index contributed by atoms with van der Waals surface area (Å²) in [6, 6.07) is 4.77. The lowest BCUT2D eigenvalue weighted by atomic mass is 10.0. The van der Waals surface area contributed by atoms with Gasteiger partial charge in [-0.05, 0) is 57.9 Å². The van der Waals surface area contributed by atoms with Gasteiger partial charge in [0, 0.05) is 17.4 Å². The van der Waals surface area contributed by atoms with Crippen molar-refractivity contribution in [1.82, 2.24) is 10.3 Å². The largest absolute Gasteiger partial charge is 0.313 e. The molecule has 0 radical (unpaired) electrons. The Labute approximate surface area is 98.8 Å². The lowest BCUT2D eigenvalue weighted by molar-refractivity contribution is 0.529. The topological polar surface area (TPSA) is 24.9 Å². The Morgan fingerprint density at radius 3 is 2.50 bits per heavy atom. The molecule has 1 rings (SSSR count). The molecule has 0 fully saturated rings. The smallest absolute Gasteiger partial charge is 0.0379 e. The summed E-state index contributed by atoms with van der Waals surface area (Å²) in [5.74, 6) is 0. The average Bonchev–Trinajstić information content (AvgIpc) is 2.23. The summed E-state index contributed by atoms with van der Waals surface area (Å²) in [6.07, 6.45) is 5.39. The number of nitrogens with zero attached hydrogens (tertiary/aromatic N) is 1. The van der Waals surface area contributed by atoms with Crippen molar-refractivity contribution in [3.05, 3.63) is 41.7 Å². The van der Waals surface area contributed by atoms with Gasteiger partial charge in [0.05, 0.1) is 0 Å². The van der Waals surface area contributed by atoms with Gasteiger partial charge in [-0.25, -0.2) is 0 Å². The zero-order chi connectivity index (χ0) is 12.0. The minimum Gasteiger partial charge on any atom is -0.313 e. The normalized spacial score (nSPS) is 12.4. The van der Waals surface area contributed by atoms with E-state index in [-0.39, 0.29) is 0 Å². The molecule has 0 aliphatic heterocycles. The molecule has 1 N–H and O–H groups in total. The lowest BCUT2D eigenvalue weighted by Gasteiger charge is -2.17. The van der Waals surface area contributed by atoms with E-state index < -0.39 is 0 Å².